The Morgan fingerprint density at radius 1 is 1.35 bits per heavy atom. The maximum atomic E-state index is 6.23. The molecule has 1 aromatic rings. The van der Waals surface area contributed by atoms with Gasteiger partial charge in [0.15, 0.2) is 0 Å². The van der Waals surface area contributed by atoms with Crippen molar-refractivity contribution < 1.29 is 0 Å². The Morgan fingerprint density at radius 2 is 2.06 bits per heavy atom. The van der Waals surface area contributed by atoms with E-state index in [4.69, 9.17) is 11.6 Å². The number of halogens is 1. The van der Waals surface area contributed by atoms with Crippen molar-refractivity contribution in [2.24, 2.45) is 11.8 Å². The second-order valence-corrected chi connectivity index (χ2v) is 5.45. The molecule has 0 radical (unpaired) electrons. The van der Waals surface area contributed by atoms with E-state index in [0.29, 0.717) is 17.9 Å². The number of nitrogens with one attached hydrogen (secondary N) is 1. The van der Waals surface area contributed by atoms with Crippen LogP contribution in [0.25, 0.3) is 0 Å². The molecule has 0 amide bonds. The fourth-order valence-corrected chi connectivity index (χ4v) is 2.59. The molecule has 1 aromatic heterocycles. The van der Waals surface area contributed by atoms with Crippen molar-refractivity contribution in [2.45, 2.75) is 40.2 Å². The molecular formula is C14H23ClN2. The van der Waals surface area contributed by atoms with Crippen LogP contribution in [0.5, 0.6) is 0 Å². The zero-order valence-electron chi connectivity index (χ0n) is 11.2. The molecule has 3 heteroatoms. The smallest absolute Gasteiger partial charge is 0.0637 e. The van der Waals surface area contributed by atoms with Gasteiger partial charge in [-0.25, -0.2) is 0 Å². The van der Waals surface area contributed by atoms with Gasteiger partial charge in [-0.2, -0.15) is 0 Å². The van der Waals surface area contributed by atoms with Crippen molar-refractivity contribution in [1.82, 2.24) is 10.3 Å². The molecule has 0 aromatic carbocycles. The van der Waals surface area contributed by atoms with Gasteiger partial charge in [0.1, 0.15) is 0 Å². The summed E-state index contributed by atoms with van der Waals surface area (Å²) in [5.41, 5.74) is 1.16. The predicted octanol–water partition coefficient (Wildman–Crippen LogP) is 4.07. The van der Waals surface area contributed by atoms with Gasteiger partial charge in [-0.3, -0.25) is 4.98 Å². The van der Waals surface area contributed by atoms with Gasteiger partial charge >= 0.3 is 0 Å². The van der Waals surface area contributed by atoms with Gasteiger partial charge in [0, 0.05) is 18.4 Å². The molecule has 0 saturated heterocycles. The third-order valence-electron chi connectivity index (χ3n) is 2.98. The van der Waals surface area contributed by atoms with E-state index in [-0.39, 0.29) is 0 Å². The summed E-state index contributed by atoms with van der Waals surface area (Å²) in [7, 11) is 0. The molecule has 0 fully saturated rings. The van der Waals surface area contributed by atoms with E-state index in [1.165, 1.54) is 6.42 Å². The predicted molar refractivity (Wildman–Crippen MR) is 74.3 cm³/mol. The van der Waals surface area contributed by atoms with Crippen molar-refractivity contribution in [1.29, 1.82) is 0 Å². The van der Waals surface area contributed by atoms with Gasteiger partial charge in [0.05, 0.1) is 5.02 Å². The lowest BCUT2D eigenvalue weighted by atomic mass is 9.88. The number of rotatable bonds is 6. The molecule has 96 valence electrons. The van der Waals surface area contributed by atoms with Crippen molar-refractivity contribution in [3.05, 3.63) is 29.0 Å². The number of aromatic nitrogens is 1. The van der Waals surface area contributed by atoms with E-state index in [1.54, 1.807) is 6.20 Å². The highest BCUT2D eigenvalue weighted by atomic mass is 35.5. The Hall–Kier alpha value is -0.600. The molecule has 2 nitrogen and oxygen atoms in total. The Labute approximate surface area is 110 Å². The van der Waals surface area contributed by atoms with Gasteiger partial charge < -0.3 is 5.32 Å². The van der Waals surface area contributed by atoms with E-state index in [1.807, 2.05) is 12.3 Å². The van der Waals surface area contributed by atoms with E-state index >= 15 is 0 Å². The molecule has 0 saturated carbocycles. The van der Waals surface area contributed by atoms with Crippen molar-refractivity contribution in [2.75, 3.05) is 6.54 Å². The van der Waals surface area contributed by atoms with Crippen LogP contribution < -0.4 is 5.32 Å². The number of nitrogens with zero attached hydrogens (tertiary/aromatic N) is 1. The Balaban J connectivity index is 2.88. The van der Waals surface area contributed by atoms with Crippen LogP contribution in [-0.2, 0) is 0 Å². The summed E-state index contributed by atoms with van der Waals surface area (Å²) >= 11 is 6.23. The second kappa shape index (κ2) is 6.97. The molecule has 0 aliphatic rings. The molecular weight excluding hydrogens is 232 g/mol. The van der Waals surface area contributed by atoms with Crippen molar-refractivity contribution >= 4 is 11.6 Å². The van der Waals surface area contributed by atoms with E-state index in [0.717, 1.165) is 17.1 Å². The van der Waals surface area contributed by atoms with E-state index in [2.05, 4.69) is 38.0 Å². The molecule has 2 atom stereocenters. The minimum absolute atomic E-state index is 0.318. The first-order chi connectivity index (χ1) is 8.06. The topological polar surface area (TPSA) is 24.9 Å². The first kappa shape index (κ1) is 14.5. The third kappa shape index (κ3) is 4.29. The molecule has 1 heterocycles. The largest absolute Gasteiger partial charge is 0.310 e. The molecule has 0 spiro atoms. The minimum Gasteiger partial charge on any atom is -0.310 e. The first-order valence-corrected chi connectivity index (χ1v) is 6.76. The molecule has 1 rings (SSSR count). The van der Waals surface area contributed by atoms with Crippen LogP contribution in [0.1, 0.15) is 45.7 Å². The van der Waals surface area contributed by atoms with Crippen LogP contribution in [0, 0.1) is 11.8 Å². The monoisotopic (exact) mass is 254 g/mol. The quantitative estimate of drug-likeness (QED) is 0.828. The molecule has 0 bridgehead atoms. The highest BCUT2D eigenvalue weighted by Crippen LogP contribution is 2.30. The first-order valence-electron chi connectivity index (χ1n) is 6.39. The van der Waals surface area contributed by atoms with Gasteiger partial charge in [-0.1, -0.05) is 39.3 Å². The van der Waals surface area contributed by atoms with Gasteiger partial charge in [-0.05, 0) is 36.4 Å². The summed E-state index contributed by atoms with van der Waals surface area (Å²) in [4.78, 5) is 4.05. The standard InChI is InChI=1S/C14H23ClN2/c1-5-17-14(11(4)8-10(2)3)12-6-7-16-9-13(12)15/h6-7,9-11,14,17H,5,8H2,1-4H3. The number of pyridine rings is 1. The summed E-state index contributed by atoms with van der Waals surface area (Å²) < 4.78 is 0. The van der Waals surface area contributed by atoms with Gasteiger partial charge in [0.25, 0.3) is 0 Å². The Bertz CT molecular complexity index is 339. The van der Waals surface area contributed by atoms with Crippen molar-refractivity contribution in [3.8, 4) is 0 Å². The van der Waals surface area contributed by atoms with Crippen LogP contribution in [0.3, 0.4) is 0 Å². The van der Waals surface area contributed by atoms with Gasteiger partial charge in [-0.15, -0.1) is 0 Å². The van der Waals surface area contributed by atoms with Crippen LogP contribution in [0.2, 0.25) is 5.02 Å². The normalized spacial score (nSPS) is 14.9. The average molecular weight is 255 g/mol. The summed E-state index contributed by atoms with van der Waals surface area (Å²) in [6.07, 6.45) is 4.73. The summed E-state index contributed by atoms with van der Waals surface area (Å²) in [5, 5.41) is 4.29. The highest BCUT2D eigenvalue weighted by molar-refractivity contribution is 6.31. The summed E-state index contributed by atoms with van der Waals surface area (Å²) in [5.74, 6) is 1.27. The van der Waals surface area contributed by atoms with Crippen molar-refractivity contribution in [3.63, 3.8) is 0 Å². The van der Waals surface area contributed by atoms with Crippen LogP contribution >= 0.6 is 11.6 Å². The lowest BCUT2D eigenvalue weighted by Gasteiger charge is -2.27. The highest BCUT2D eigenvalue weighted by Gasteiger charge is 2.21. The Kier molecular flexibility index (Phi) is 5.93. The van der Waals surface area contributed by atoms with Crippen LogP contribution in [0.4, 0.5) is 0 Å². The summed E-state index contributed by atoms with van der Waals surface area (Å²) in [6, 6.07) is 2.34. The number of hydrogen-bond donors (Lipinski definition) is 1. The maximum absolute atomic E-state index is 6.23. The third-order valence-corrected chi connectivity index (χ3v) is 3.29. The summed E-state index contributed by atoms with van der Waals surface area (Å²) in [6.45, 7) is 9.88. The minimum atomic E-state index is 0.318. The Morgan fingerprint density at radius 3 is 2.59 bits per heavy atom. The van der Waals surface area contributed by atoms with Gasteiger partial charge in [0.2, 0.25) is 0 Å². The number of hydrogen-bond acceptors (Lipinski definition) is 2. The zero-order valence-corrected chi connectivity index (χ0v) is 12.0. The second-order valence-electron chi connectivity index (χ2n) is 5.04. The molecule has 2 unspecified atom stereocenters. The average Bonchev–Trinajstić information content (AvgIpc) is 2.26. The SMILES string of the molecule is CCNC(c1ccncc1Cl)C(C)CC(C)C. The molecule has 0 aliphatic heterocycles. The molecule has 1 N–H and O–H groups in total. The fourth-order valence-electron chi connectivity index (χ4n) is 2.36. The lowest BCUT2D eigenvalue weighted by molar-refractivity contribution is 0.333. The van der Waals surface area contributed by atoms with Crippen LogP contribution in [-0.4, -0.2) is 11.5 Å². The van der Waals surface area contributed by atoms with Crippen LogP contribution in [0.15, 0.2) is 18.5 Å². The maximum Gasteiger partial charge on any atom is 0.0637 e. The van der Waals surface area contributed by atoms with E-state index < -0.39 is 0 Å². The lowest BCUT2D eigenvalue weighted by Crippen LogP contribution is -2.28. The molecule has 17 heavy (non-hydrogen) atoms. The fraction of sp³-hybridized carbons (Fsp3) is 0.643. The van der Waals surface area contributed by atoms with E-state index in [9.17, 15) is 0 Å². The zero-order chi connectivity index (χ0) is 12.8. The molecule has 0 aliphatic carbocycles.